The van der Waals surface area contributed by atoms with Gasteiger partial charge in [-0.3, -0.25) is 4.79 Å². The van der Waals surface area contributed by atoms with Crippen LogP contribution in [-0.2, 0) is 22.5 Å². The second kappa shape index (κ2) is 12.4. The van der Waals surface area contributed by atoms with Gasteiger partial charge in [0, 0.05) is 37.1 Å². The molecule has 1 atom stereocenters. The quantitative estimate of drug-likeness (QED) is 0.133. The van der Waals surface area contributed by atoms with E-state index in [4.69, 9.17) is 20.8 Å². The van der Waals surface area contributed by atoms with Crippen molar-refractivity contribution < 1.29 is 23.8 Å². The van der Waals surface area contributed by atoms with Crippen molar-refractivity contribution in [3.05, 3.63) is 76.3 Å². The first kappa shape index (κ1) is 33.0. The smallest absolute Gasteiger partial charge is 0.337 e. The van der Waals surface area contributed by atoms with Crippen molar-refractivity contribution in [2.24, 2.45) is 5.41 Å². The van der Waals surface area contributed by atoms with Crippen LogP contribution >= 0.6 is 11.6 Å². The molecular formula is C38H40ClN5O5. The minimum atomic E-state index is -1.39. The number of aromatic nitrogens is 3. The molecule has 10 nitrogen and oxygen atoms in total. The monoisotopic (exact) mass is 681 g/mol. The van der Waals surface area contributed by atoms with Crippen molar-refractivity contribution in [1.29, 1.82) is 0 Å². The van der Waals surface area contributed by atoms with E-state index < -0.39 is 17.7 Å². The summed E-state index contributed by atoms with van der Waals surface area (Å²) in [6.07, 6.45) is 3.40. The number of hydrogen-bond donors (Lipinski definition) is 1. The fraction of sp³-hybridized carbons (Fsp3) is 0.395. The lowest BCUT2D eigenvalue weighted by Crippen LogP contribution is -2.39. The Hall–Kier alpha value is -4.54. The van der Waals surface area contributed by atoms with Crippen LogP contribution in [0.4, 0.5) is 11.5 Å². The number of halogens is 1. The van der Waals surface area contributed by atoms with E-state index >= 15 is 0 Å². The lowest BCUT2D eigenvalue weighted by molar-refractivity contribution is -0.160. The van der Waals surface area contributed by atoms with Crippen molar-refractivity contribution in [2.45, 2.75) is 72.1 Å². The van der Waals surface area contributed by atoms with Crippen LogP contribution in [0.25, 0.3) is 33.2 Å². The fourth-order valence-electron chi connectivity index (χ4n) is 7.05. The van der Waals surface area contributed by atoms with Gasteiger partial charge >= 0.3 is 5.97 Å². The highest BCUT2D eigenvalue weighted by molar-refractivity contribution is 6.31. The van der Waals surface area contributed by atoms with Gasteiger partial charge in [0.2, 0.25) is 0 Å². The molecule has 0 bridgehead atoms. The number of fused-ring (bicyclic) bond motifs is 4. The zero-order chi connectivity index (χ0) is 34.7. The largest absolute Gasteiger partial charge is 0.479 e. The predicted molar refractivity (Wildman–Crippen MR) is 191 cm³/mol. The van der Waals surface area contributed by atoms with Crippen LogP contribution in [-0.4, -0.2) is 57.5 Å². The Morgan fingerprint density at radius 3 is 2.53 bits per heavy atom. The number of aliphatic carboxylic acids is 1. The molecule has 5 aromatic rings. The van der Waals surface area contributed by atoms with Gasteiger partial charge in [0.25, 0.3) is 0 Å². The Bertz CT molecular complexity index is 2090. The summed E-state index contributed by atoms with van der Waals surface area (Å²) in [6.45, 7) is 12.5. The second-order valence-corrected chi connectivity index (χ2v) is 15.1. The molecule has 2 aliphatic rings. The van der Waals surface area contributed by atoms with E-state index in [2.05, 4.69) is 50.7 Å². The normalized spacial score (nSPS) is 16.9. The van der Waals surface area contributed by atoms with Gasteiger partial charge in [-0.2, -0.15) is 0 Å². The zero-order valence-corrected chi connectivity index (χ0v) is 29.2. The second-order valence-electron chi connectivity index (χ2n) is 14.8. The standard InChI is InChI=1S/C38H40ClN5O5/c1-37(2,3)49-32(36(46)47)29-31(43-16-13-38(4,5)14-17-43)28(26(20-45)42-34(29)39)23-10-11-24-19-44(15-12-22(24)18-23)35-33-30(40-21-41-35)25-8-6-7-9-27(25)48-33/h6-11,18,20-21,32H,12-17,19H2,1-5H3,(H,46,47)/t32-/m0/s1. The lowest BCUT2D eigenvalue weighted by Gasteiger charge is -2.41. The molecule has 0 radical (unpaired) electrons. The van der Waals surface area contributed by atoms with Crippen molar-refractivity contribution in [1.82, 2.24) is 15.0 Å². The number of furan rings is 1. The van der Waals surface area contributed by atoms with Crippen LogP contribution in [0.15, 0.2) is 53.2 Å². The van der Waals surface area contributed by atoms with Gasteiger partial charge in [-0.15, -0.1) is 0 Å². The number of ether oxygens (including phenoxy) is 1. The number of aldehydes is 1. The number of pyridine rings is 1. The average Bonchev–Trinajstić information content (AvgIpc) is 3.45. The summed E-state index contributed by atoms with van der Waals surface area (Å²) in [5.74, 6) is -0.421. The van der Waals surface area contributed by atoms with Crippen LogP contribution < -0.4 is 9.80 Å². The van der Waals surface area contributed by atoms with Gasteiger partial charge < -0.3 is 24.1 Å². The number of carboxylic acids is 1. The molecule has 1 fully saturated rings. The third-order valence-electron chi connectivity index (χ3n) is 9.64. The van der Waals surface area contributed by atoms with Crippen molar-refractivity contribution in [2.75, 3.05) is 29.4 Å². The van der Waals surface area contributed by atoms with Crippen molar-refractivity contribution in [3.8, 4) is 11.1 Å². The molecule has 49 heavy (non-hydrogen) atoms. The van der Waals surface area contributed by atoms with Gasteiger partial charge in [-0.1, -0.05) is 55.8 Å². The maximum absolute atomic E-state index is 12.8. The van der Waals surface area contributed by atoms with E-state index in [1.54, 1.807) is 6.33 Å². The molecule has 2 aliphatic heterocycles. The van der Waals surface area contributed by atoms with E-state index in [-0.39, 0.29) is 21.8 Å². The van der Waals surface area contributed by atoms with Crippen molar-refractivity contribution in [3.63, 3.8) is 0 Å². The van der Waals surface area contributed by atoms with Gasteiger partial charge in [-0.25, -0.2) is 19.7 Å². The maximum Gasteiger partial charge on any atom is 0.337 e. The molecule has 1 N–H and O–H groups in total. The summed E-state index contributed by atoms with van der Waals surface area (Å²) in [4.78, 5) is 43.5. The highest BCUT2D eigenvalue weighted by Crippen LogP contribution is 2.46. The third-order valence-corrected chi connectivity index (χ3v) is 9.93. The minimum Gasteiger partial charge on any atom is -0.479 e. The summed E-state index contributed by atoms with van der Waals surface area (Å²) in [5, 5.41) is 11.4. The van der Waals surface area contributed by atoms with E-state index in [1.807, 2.05) is 51.1 Å². The Labute approximate surface area is 290 Å². The van der Waals surface area contributed by atoms with Gasteiger partial charge in [0.05, 0.1) is 16.9 Å². The van der Waals surface area contributed by atoms with E-state index in [0.717, 1.165) is 58.3 Å². The van der Waals surface area contributed by atoms with Crippen LogP contribution in [0.3, 0.4) is 0 Å². The summed E-state index contributed by atoms with van der Waals surface area (Å²) in [6, 6.07) is 14.0. The molecule has 1 saturated heterocycles. The SMILES string of the molecule is CC1(C)CCN(c2c(-c3ccc4c(c3)CCN(c3ncnc5c3oc3ccccc35)C4)c(C=O)nc(Cl)c2[C@H](OC(C)(C)C)C(=O)O)CC1. The third kappa shape index (κ3) is 6.24. The number of hydrogen-bond acceptors (Lipinski definition) is 9. The maximum atomic E-state index is 12.8. The highest BCUT2D eigenvalue weighted by atomic mass is 35.5. The molecule has 3 aromatic heterocycles. The first-order chi connectivity index (χ1) is 23.3. The minimum absolute atomic E-state index is 0.0438. The lowest BCUT2D eigenvalue weighted by atomic mass is 9.82. The summed E-state index contributed by atoms with van der Waals surface area (Å²) in [5.41, 5.74) is 6.20. The van der Waals surface area contributed by atoms with Crippen LogP contribution in [0, 0.1) is 5.41 Å². The molecule has 7 rings (SSSR count). The van der Waals surface area contributed by atoms with E-state index in [1.165, 1.54) is 0 Å². The number of nitrogens with zero attached hydrogens (tertiary/aromatic N) is 5. The predicted octanol–water partition coefficient (Wildman–Crippen LogP) is 8.03. The molecule has 5 heterocycles. The number of benzene rings is 2. The first-order valence-electron chi connectivity index (χ1n) is 16.7. The first-order valence-corrected chi connectivity index (χ1v) is 17.0. The van der Waals surface area contributed by atoms with Gasteiger partial charge in [0.1, 0.15) is 28.3 Å². The Morgan fingerprint density at radius 2 is 1.82 bits per heavy atom. The fourth-order valence-corrected chi connectivity index (χ4v) is 7.33. The molecular weight excluding hydrogens is 642 g/mol. The summed E-state index contributed by atoms with van der Waals surface area (Å²) >= 11 is 6.81. The Morgan fingerprint density at radius 1 is 1.06 bits per heavy atom. The number of piperidine rings is 1. The Kier molecular flexibility index (Phi) is 8.35. The molecule has 254 valence electrons. The number of anilines is 2. The summed E-state index contributed by atoms with van der Waals surface area (Å²) in [7, 11) is 0. The van der Waals surface area contributed by atoms with Gasteiger partial charge in [-0.05, 0) is 74.3 Å². The number of carbonyl (C=O) groups excluding carboxylic acids is 1. The van der Waals surface area contributed by atoms with Gasteiger partial charge in [0.15, 0.2) is 23.8 Å². The van der Waals surface area contributed by atoms with Crippen LogP contribution in [0.5, 0.6) is 0 Å². The van der Waals surface area contributed by atoms with Crippen LogP contribution in [0.1, 0.15) is 80.7 Å². The van der Waals surface area contributed by atoms with E-state index in [0.29, 0.717) is 49.3 Å². The topological polar surface area (TPSA) is 122 Å². The molecule has 0 spiro atoms. The van der Waals surface area contributed by atoms with Crippen molar-refractivity contribution >= 4 is 57.4 Å². The number of carbonyl (C=O) groups is 2. The molecule has 0 saturated carbocycles. The Balaban J connectivity index is 1.32. The zero-order valence-electron chi connectivity index (χ0n) is 28.4. The molecule has 11 heteroatoms. The molecule has 0 aliphatic carbocycles. The molecule has 0 unspecified atom stereocenters. The molecule has 2 aromatic carbocycles. The van der Waals surface area contributed by atoms with E-state index in [9.17, 15) is 14.7 Å². The van der Waals surface area contributed by atoms with Crippen LogP contribution in [0.2, 0.25) is 5.15 Å². The number of rotatable bonds is 7. The number of carboxylic acid groups (broad SMARTS) is 1. The number of para-hydroxylation sites is 1. The molecule has 0 amide bonds. The highest BCUT2D eigenvalue weighted by Gasteiger charge is 2.38. The average molecular weight is 682 g/mol. The summed E-state index contributed by atoms with van der Waals surface area (Å²) < 4.78 is 12.4.